The molecule has 0 aliphatic heterocycles. The van der Waals surface area contributed by atoms with Gasteiger partial charge in [-0.1, -0.05) is 40.2 Å². The van der Waals surface area contributed by atoms with Crippen LogP contribution in [-0.2, 0) is 7.05 Å². The molecule has 25 heavy (non-hydrogen) atoms. The van der Waals surface area contributed by atoms with Crippen molar-refractivity contribution in [1.29, 1.82) is 0 Å². The first-order chi connectivity index (χ1) is 12.0. The highest BCUT2D eigenvalue weighted by Crippen LogP contribution is 2.25. The highest BCUT2D eigenvalue weighted by Gasteiger charge is 2.20. The number of hydrazone groups is 1. The number of rotatable bonds is 3. The van der Waals surface area contributed by atoms with Gasteiger partial charge >= 0.3 is 0 Å². The topological polar surface area (TPSA) is 83.7 Å². The average molecular weight is 400 g/mol. The molecule has 0 aliphatic carbocycles. The van der Waals surface area contributed by atoms with E-state index >= 15 is 0 Å². The number of nitrogens with zero attached hydrogens (tertiary/aromatic N) is 2. The Morgan fingerprint density at radius 2 is 2.00 bits per heavy atom. The van der Waals surface area contributed by atoms with Crippen LogP contribution in [0.5, 0.6) is 5.75 Å². The number of hydrogen-bond donors (Lipinski definition) is 2. The predicted molar refractivity (Wildman–Crippen MR) is 100 cm³/mol. The van der Waals surface area contributed by atoms with E-state index in [2.05, 4.69) is 26.5 Å². The van der Waals surface area contributed by atoms with Crippen LogP contribution in [0.1, 0.15) is 15.9 Å². The van der Waals surface area contributed by atoms with Crippen molar-refractivity contribution in [3.63, 3.8) is 0 Å². The monoisotopic (exact) mass is 399 g/mol. The molecule has 1 amide bonds. The fourth-order valence-electron chi connectivity index (χ4n) is 2.49. The lowest BCUT2D eigenvalue weighted by Crippen LogP contribution is -2.30. The van der Waals surface area contributed by atoms with Crippen molar-refractivity contribution in [1.82, 2.24) is 9.99 Å². The second-order valence-corrected chi connectivity index (χ2v) is 6.27. The number of aromatic hydroxyl groups is 1. The molecule has 2 aromatic carbocycles. The molecule has 0 saturated carbocycles. The van der Waals surface area contributed by atoms with E-state index in [-0.39, 0.29) is 11.3 Å². The number of nitrogens with one attached hydrogen (secondary N) is 1. The van der Waals surface area contributed by atoms with E-state index in [1.165, 1.54) is 10.8 Å². The second-order valence-electron chi connectivity index (χ2n) is 5.36. The lowest BCUT2D eigenvalue weighted by Gasteiger charge is -2.10. The third-order valence-corrected chi connectivity index (χ3v) is 4.22. The summed E-state index contributed by atoms with van der Waals surface area (Å²) in [6.45, 7) is 0. The van der Waals surface area contributed by atoms with Crippen LogP contribution in [0, 0.1) is 0 Å². The van der Waals surface area contributed by atoms with Gasteiger partial charge in [-0.3, -0.25) is 9.59 Å². The summed E-state index contributed by atoms with van der Waals surface area (Å²) in [5.74, 6) is -1.12. The molecule has 0 aliphatic rings. The van der Waals surface area contributed by atoms with Crippen LogP contribution in [0.4, 0.5) is 0 Å². The molecule has 6 nitrogen and oxygen atoms in total. The number of fused-ring (bicyclic) bond motifs is 1. The van der Waals surface area contributed by atoms with E-state index in [9.17, 15) is 14.7 Å². The maximum absolute atomic E-state index is 12.4. The fraction of sp³-hybridized carbons (Fsp3) is 0.0556. The van der Waals surface area contributed by atoms with E-state index in [1.54, 1.807) is 31.3 Å². The Balaban J connectivity index is 1.94. The number of para-hydroxylation sites is 1. The summed E-state index contributed by atoms with van der Waals surface area (Å²) < 4.78 is 2.20. The van der Waals surface area contributed by atoms with E-state index in [1.807, 2.05) is 24.3 Å². The molecule has 1 aromatic heterocycles. The third kappa shape index (κ3) is 3.32. The molecule has 126 valence electrons. The molecule has 3 rings (SSSR count). The number of hydrogen-bond acceptors (Lipinski definition) is 4. The number of halogens is 1. The highest BCUT2D eigenvalue weighted by molar-refractivity contribution is 9.10. The van der Waals surface area contributed by atoms with Gasteiger partial charge in [0, 0.05) is 16.9 Å². The summed E-state index contributed by atoms with van der Waals surface area (Å²) in [7, 11) is 1.55. The minimum Gasteiger partial charge on any atom is -0.506 e. The van der Waals surface area contributed by atoms with Gasteiger partial charge in [-0.05, 0) is 29.8 Å². The van der Waals surface area contributed by atoms with Crippen molar-refractivity contribution in [3.8, 4) is 5.75 Å². The number of benzene rings is 2. The molecule has 0 saturated heterocycles. The van der Waals surface area contributed by atoms with Gasteiger partial charge in [0.05, 0.1) is 11.7 Å². The molecule has 0 radical (unpaired) electrons. The fourth-order valence-corrected chi connectivity index (χ4v) is 2.91. The normalized spacial score (nSPS) is 11.1. The third-order valence-electron chi connectivity index (χ3n) is 3.73. The minimum absolute atomic E-state index is 0.340. The Morgan fingerprint density at radius 1 is 1.24 bits per heavy atom. The maximum atomic E-state index is 12.4. The van der Waals surface area contributed by atoms with Gasteiger partial charge in [0.2, 0.25) is 0 Å². The van der Waals surface area contributed by atoms with Crippen molar-refractivity contribution in [2.45, 2.75) is 0 Å². The summed E-state index contributed by atoms with van der Waals surface area (Å²) in [6.07, 6.45) is 1.45. The van der Waals surface area contributed by atoms with Gasteiger partial charge < -0.3 is 9.67 Å². The zero-order chi connectivity index (χ0) is 18.0. The Bertz CT molecular complexity index is 1060. The second kappa shape index (κ2) is 6.90. The van der Waals surface area contributed by atoms with Gasteiger partial charge in [0.25, 0.3) is 11.5 Å². The molecule has 0 atom stereocenters. The Morgan fingerprint density at radius 3 is 2.76 bits per heavy atom. The number of carbonyl (C=O) groups is 1. The first-order valence-corrected chi connectivity index (χ1v) is 8.18. The van der Waals surface area contributed by atoms with Crippen LogP contribution in [0.2, 0.25) is 0 Å². The van der Waals surface area contributed by atoms with Crippen LogP contribution < -0.4 is 11.0 Å². The van der Waals surface area contributed by atoms with Crippen LogP contribution >= 0.6 is 15.9 Å². The lowest BCUT2D eigenvalue weighted by molar-refractivity contribution is 0.0950. The smallest absolute Gasteiger partial charge is 0.280 e. The number of aryl methyl sites for hydroxylation is 1. The standard InChI is InChI=1S/C18H14BrN3O3/c1-22-14-8-3-2-7-13(14)16(23)15(18(22)25)17(24)21-20-10-11-5-4-6-12(19)9-11/h2-10,23H,1H3,(H,21,24)/b20-10+. The lowest BCUT2D eigenvalue weighted by atomic mass is 10.1. The minimum atomic E-state index is -0.768. The van der Waals surface area contributed by atoms with E-state index in [4.69, 9.17) is 0 Å². The first-order valence-electron chi connectivity index (χ1n) is 7.38. The summed E-state index contributed by atoms with van der Waals surface area (Å²) in [5.41, 5.74) is 2.66. The molecule has 3 aromatic rings. The van der Waals surface area contributed by atoms with Crippen molar-refractivity contribution < 1.29 is 9.90 Å². The van der Waals surface area contributed by atoms with Gasteiger partial charge in [-0.25, -0.2) is 5.43 Å². The molecule has 1 heterocycles. The zero-order valence-electron chi connectivity index (χ0n) is 13.2. The predicted octanol–water partition coefficient (Wildman–Crippen LogP) is 2.77. The van der Waals surface area contributed by atoms with Crippen LogP contribution in [-0.4, -0.2) is 21.8 Å². The molecule has 2 N–H and O–H groups in total. The number of amides is 1. The average Bonchev–Trinajstić information content (AvgIpc) is 2.60. The summed E-state index contributed by atoms with van der Waals surface area (Å²) >= 11 is 3.34. The first kappa shape index (κ1) is 16.9. The maximum Gasteiger partial charge on any atom is 0.280 e. The van der Waals surface area contributed by atoms with Gasteiger partial charge in [0.1, 0.15) is 11.3 Å². The van der Waals surface area contributed by atoms with Crippen LogP contribution in [0.3, 0.4) is 0 Å². The molecule has 0 spiro atoms. The zero-order valence-corrected chi connectivity index (χ0v) is 14.8. The Labute approximate surface area is 151 Å². The number of aromatic nitrogens is 1. The molecule has 0 bridgehead atoms. The van der Waals surface area contributed by atoms with Crippen molar-refractivity contribution in [2.75, 3.05) is 0 Å². The van der Waals surface area contributed by atoms with Gasteiger partial charge in [0.15, 0.2) is 0 Å². The SMILES string of the molecule is Cn1c(=O)c(C(=O)N/N=C/c2cccc(Br)c2)c(O)c2ccccc21. The molecular weight excluding hydrogens is 386 g/mol. The molecule has 7 heteroatoms. The molecular formula is C18H14BrN3O3. The summed E-state index contributed by atoms with van der Waals surface area (Å²) in [5, 5.41) is 14.6. The van der Waals surface area contributed by atoms with E-state index in [0.717, 1.165) is 10.0 Å². The quantitative estimate of drug-likeness (QED) is 0.524. The Hall–Kier alpha value is -2.93. The molecule has 0 unspecified atom stereocenters. The largest absolute Gasteiger partial charge is 0.506 e. The highest BCUT2D eigenvalue weighted by atomic mass is 79.9. The number of pyridine rings is 1. The van der Waals surface area contributed by atoms with Crippen molar-refractivity contribution >= 4 is 39.0 Å². The van der Waals surface area contributed by atoms with E-state index < -0.39 is 11.5 Å². The number of carbonyl (C=O) groups excluding carboxylic acids is 1. The van der Waals surface area contributed by atoms with Crippen molar-refractivity contribution in [3.05, 3.63) is 74.5 Å². The van der Waals surface area contributed by atoms with Crippen LogP contribution in [0.15, 0.2) is 62.9 Å². The summed E-state index contributed by atoms with van der Waals surface area (Å²) in [6, 6.07) is 14.2. The van der Waals surface area contributed by atoms with E-state index in [0.29, 0.717) is 10.9 Å². The summed E-state index contributed by atoms with van der Waals surface area (Å²) in [4.78, 5) is 24.7. The van der Waals surface area contributed by atoms with Gasteiger partial charge in [-0.2, -0.15) is 5.10 Å². The van der Waals surface area contributed by atoms with Crippen molar-refractivity contribution in [2.24, 2.45) is 12.1 Å². The Kier molecular flexibility index (Phi) is 4.67. The van der Waals surface area contributed by atoms with Crippen LogP contribution in [0.25, 0.3) is 10.9 Å². The molecule has 0 fully saturated rings. The van der Waals surface area contributed by atoms with Gasteiger partial charge in [-0.15, -0.1) is 0 Å².